The summed E-state index contributed by atoms with van der Waals surface area (Å²) < 4.78 is 13.7. The molecule has 0 bridgehead atoms. The molecule has 0 saturated carbocycles. The summed E-state index contributed by atoms with van der Waals surface area (Å²) in [4.78, 5) is 23.3. The molecule has 1 aromatic heterocycles. The van der Waals surface area contributed by atoms with Crippen molar-refractivity contribution in [2.24, 2.45) is 0 Å². The maximum absolute atomic E-state index is 13.4. The standard InChI is InChI=1S/C18H9ClFN3OS2/c19-12-8-11(5-6-13(12)20)23-17(24)16(26-18(23)25)7-10-9-21-14-3-1-2-4-15(14)22-10/h1-9H/b16-7-. The zero-order chi connectivity index (χ0) is 18.3. The van der Waals surface area contributed by atoms with Crippen molar-refractivity contribution >= 4 is 68.6 Å². The van der Waals surface area contributed by atoms with Crippen LogP contribution in [0.4, 0.5) is 10.1 Å². The van der Waals surface area contributed by atoms with Crippen molar-refractivity contribution in [1.82, 2.24) is 9.97 Å². The zero-order valence-electron chi connectivity index (χ0n) is 13.0. The molecule has 4 rings (SSSR count). The number of thiocarbonyl (C=S) groups is 1. The van der Waals surface area contributed by atoms with E-state index in [0.29, 0.717) is 20.6 Å². The molecule has 0 N–H and O–H groups in total. The van der Waals surface area contributed by atoms with E-state index in [4.69, 9.17) is 23.8 Å². The molecule has 0 aliphatic carbocycles. The Balaban J connectivity index is 1.69. The van der Waals surface area contributed by atoms with Gasteiger partial charge in [-0.15, -0.1) is 0 Å². The Bertz CT molecular complexity index is 1100. The van der Waals surface area contributed by atoms with Crippen LogP contribution in [0.1, 0.15) is 5.69 Å². The van der Waals surface area contributed by atoms with Crippen molar-refractivity contribution in [1.29, 1.82) is 0 Å². The number of carbonyl (C=O) groups excluding carboxylic acids is 1. The smallest absolute Gasteiger partial charge is 0.268 e. The Morgan fingerprint density at radius 3 is 2.73 bits per heavy atom. The van der Waals surface area contributed by atoms with Crippen LogP contribution in [-0.4, -0.2) is 20.2 Å². The lowest BCUT2D eigenvalue weighted by Gasteiger charge is -2.14. The molecule has 1 amide bonds. The van der Waals surface area contributed by atoms with E-state index >= 15 is 0 Å². The van der Waals surface area contributed by atoms with Crippen LogP contribution in [0, 0.1) is 5.82 Å². The van der Waals surface area contributed by atoms with Crippen LogP contribution in [-0.2, 0) is 4.79 Å². The Hall–Kier alpha value is -2.35. The van der Waals surface area contributed by atoms with Crippen LogP contribution in [0.15, 0.2) is 53.6 Å². The van der Waals surface area contributed by atoms with E-state index in [0.717, 1.165) is 22.8 Å². The molecular weight excluding hydrogens is 393 g/mol. The van der Waals surface area contributed by atoms with Gasteiger partial charge in [-0.2, -0.15) is 0 Å². The molecule has 0 radical (unpaired) electrons. The Morgan fingerprint density at radius 1 is 1.19 bits per heavy atom. The first-order valence-electron chi connectivity index (χ1n) is 7.48. The van der Waals surface area contributed by atoms with Crippen LogP contribution in [0.3, 0.4) is 0 Å². The summed E-state index contributed by atoms with van der Waals surface area (Å²) in [6, 6.07) is 11.5. The highest BCUT2D eigenvalue weighted by Crippen LogP contribution is 2.37. The maximum Gasteiger partial charge on any atom is 0.270 e. The van der Waals surface area contributed by atoms with Gasteiger partial charge < -0.3 is 0 Å². The van der Waals surface area contributed by atoms with Gasteiger partial charge in [-0.05, 0) is 36.4 Å². The van der Waals surface area contributed by atoms with Crippen molar-refractivity contribution in [3.63, 3.8) is 0 Å². The van der Waals surface area contributed by atoms with Crippen molar-refractivity contribution < 1.29 is 9.18 Å². The summed E-state index contributed by atoms with van der Waals surface area (Å²) in [7, 11) is 0. The molecule has 8 heteroatoms. The summed E-state index contributed by atoms with van der Waals surface area (Å²) >= 11 is 12.3. The Labute approximate surface area is 162 Å². The van der Waals surface area contributed by atoms with Crippen LogP contribution in [0.25, 0.3) is 17.1 Å². The molecular formula is C18H9ClFN3OS2. The quantitative estimate of drug-likeness (QED) is 0.454. The summed E-state index contributed by atoms with van der Waals surface area (Å²) in [6.07, 6.45) is 3.24. The highest BCUT2D eigenvalue weighted by atomic mass is 35.5. The van der Waals surface area contributed by atoms with Crippen molar-refractivity contribution in [3.8, 4) is 0 Å². The molecule has 1 fully saturated rings. The molecule has 0 unspecified atom stereocenters. The Kier molecular flexibility index (Phi) is 4.44. The van der Waals surface area contributed by atoms with Crippen molar-refractivity contribution in [2.75, 3.05) is 4.90 Å². The van der Waals surface area contributed by atoms with Gasteiger partial charge in [0.2, 0.25) is 0 Å². The third-order valence-electron chi connectivity index (χ3n) is 3.70. The van der Waals surface area contributed by atoms with E-state index < -0.39 is 5.82 Å². The molecule has 26 heavy (non-hydrogen) atoms. The molecule has 4 nitrogen and oxygen atoms in total. The molecule has 1 saturated heterocycles. The van der Waals surface area contributed by atoms with Crippen LogP contribution in [0.2, 0.25) is 5.02 Å². The molecule has 128 valence electrons. The SMILES string of the molecule is O=C1/C(=C/c2cnc3ccccc3n2)SC(=S)N1c1ccc(F)c(Cl)c1. The Morgan fingerprint density at radius 2 is 1.96 bits per heavy atom. The van der Waals surface area contributed by atoms with E-state index in [1.165, 1.54) is 23.1 Å². The minimum Gasteiger partial charge on any atom is -0.268 e. The normalized spacial score (nSPS) is 16.1. The fourth-order valence-electron chi connectivity index (χ4n) is 2.49. The van der Waals surface area contributed by atoms with Gasteiger partial charge in [0.1, 0.15) is 5.82 Å². The largest absolute Gasteiger partial charge is 0.270 e. The van der Waals surface area contributed by atoms with E-state index in [1.54, 1.807) is 12.3 Å². The van der Waals surface area contributed by atoms with E-state index in [9.17, 15) is 9.18 Å². The van der Waals surface area contributed by atoms with E-state index in [2.05, 4.69) is 9.97 Å². The minimum absolute atomic E-state index is 0.0686. The zero-order valence-corrected chi connectivity index (χ0v) is 15.4. The summed E-state index contributed by atoms with van der Waals surface area (Å²) in [5.74, 6) is -0.861. The van der Waals surface area contributed by atoms with Crippen LogP contribution >= 0.6 is 35.6 Å². The minimum atomic E-state index is -0.553. The summed E-state index contributed by atoms with van der Waals surface area (Å²) in [6.45, 7) is 0. The van der Waals surface area contributed by atoms with Gasteiger partial charge in [-0.1, -0.05) is 47.7 Å². The van der Waals surface area contributed by atoms with Gasteiger partial charge in [-0.25, -0.2) is 9.37 Å². The molecule has 2 aromatic carbocycles. The lowest BCUT2D eigenvalue weighted by Crippen LogP contribution is -2.27. The highest BCUT2D eigenvalue weighted by molar-refractivity contribution is 8.27. The fourth-order valence-corrected chi connectivity index (χ4v) is 3.95. The second-order valence-electron chi connectivity index (χ2n) is 5.40. The number of aromatic nitrogens is 2. The van der Waals surface area contributed by atoms with Crippen LogP contribution in [0.5, 0.6) is 0 Å². The molecule has 1 aliphatic heterocycles. The number of anilines is 1. The number of rotatable bonds is 2. The fraction of sp³-hybridized carbons (Fsp3) is 0. The van der Waals surface area contributed by atoms with Gasteiger partial charge in [-0.3, -0.25) is 14.7 Å². The predicted octanol–water partition coefficient (Wildman–Crippen LogP) is 4.83. The first-order chi connectivity index (χ1) is 12.5. The average Bonchev–Trinajstić information content (AvgIpc) is 2.91. The van der Waals surface area contributed by atoms with Crippen molar-refractivity contribution in [2.45, 2.75) is 0 Å². The molecule has 0 atom stereocenters. The maximum atomic E-state index is 13.4. The molecule has 3 aromatic rings. The molecule has 2 heterocycles. The summed E-state index contributed by atoms with van der Waals surface area (Å²) in [5.41, 5.74) is 2.49. The number of amides is 1. The number of hydrogen-bond donors (Lipinski definition) is 0. The van der Waals surface area contributed by atoms with Gasteiger partial charge in [0.15, 0.2) is 4.32 Å². The average molecular weight is 402 g/mol. The number of carbonyl (C=O) groups is 1. The van der Waals surface area contributed by atoms with Crippen molar-refractivity contribution in [3.05, 3.63) is 70.1 Å². The monoisotopic (exact) mass is 401 g/mol. The third kappa shape index (κ3) is 3.09. The van der Waals surface area contributed by atoms with Gasteiger partial charge in [0.05, 0.1) is 38.5 Å². The number of fused-ring (bicyclic) bond motifs is 1. The number of hydrogen-bond acceptors (Lipinski definition) is 5. The molecule has 0 spiro atoms. The van der Waals surface area contributed by atoms with E-state index in [1.807, 2.05) is 24.3 Å². The number of nitrogens with zero attached hydrogens (tertiary/aromatic N) is 3. The number of thioether (sulfide) groups is 1. The highest BCUT2D eigenvalue weighted by Gasteiger charge is 2.33. The predicted molar refractivity (Wildman–Crippen MR) is 107 cm³/mol. The van der Waals surface area contributed by atoms with E-state index in [-0.39, 0.29) is 10.9 Å². The topological polar surface area (TPSA) is 46.1 Å². The van der Waals surface area contributed by atoms with Gasteiger partial charge >= 0.3 is 0 Å². The number of benzene rings is 2. The van der Waals surface area contributed by atoms with Gasteiger partial charge in [0.25, 0.3) is 5.91 Å². The first-order valence-corrected chi connectivity index (χ1v) is 9.08. The third-order valence-corrected chi connectivity index (χ3v) is 5.29. The number of para-hydroxylation sites is 2. The lowest BCUT2D eigenvalue weighted by atomic mass is 10.2. The number of halogens is 2. The molecule has 1 aliphatic rings. The van der Waals surface area contributed by atoms with Crippen LogP contribution < -0.4 is 4.90 Å². The van der Waals surface area contributed by atoms with Gasteiger partial charge in [0, 0.05) is 0 Å². The second-order valence-corrected chi connectivity index (χ2v) is 7.48. The lowest BCUT2D eigenvalue weighted by molar-refractivity contribution is -0.113. The first kappa shape index (κ1) is 17.1. The second kappa shape index (κ2) is 6.75. The summed E-state index contributed by atoms with van der Waals surface area (Å²) in [5, 5.41) is -0.0686.